The molecule has 146 valence electrons. The Balaban J connectivity index is 1.68. The van der Waals surface area contributed by atoms with E-state index in [1.807, 2.05) is 0 Å². The Kier molecular flexibility index (Phi) is 5.83. The highest BCUT2D eigenvalue weighted by atomic mass is 19.3. The number of amides is 1. The SMILES string of the molecule is COc1cc(CNC(=O)Cc2n[nH]c(=O)c3ccccc23)ccc1OC(F)F. The average molecular weight is 389 g/mol. The van der Waals surface area contributed by atoms with Gasteiger partial charge in [-0.25, -0.2) is 5.10 Å². The van der Waals surface area contributed by atoms with E-state index in [9.17, 15) is 18.4 Å². The summed E-state index contributed by atoms with van der Waals surface area (Å²) in [5.74, 6) is -0.256. The highest BCUT2D eigenvalue weighted by Crippen LogP contribution is 2.29. The van der Waals surface area contributed by atoms with Gasteiger partial charge in [0.1, 0.15) is 0 Å². The lowest BCUT2D eigenvalue weighted by Crippen LogP contribution is -2.26. The summed E-state index contributed by atoms with van der Waals surface area (Å²) in [6, 6.07) is 11.3. The summed E-state index contributed by atoms with van der Waals surface area (Å²) < 4.78 is 34.1. The third-order valence-corrected chi connectivity index (χ3v) is 4.04. The molecule has 28 heavy (non-hydrogen) atoms. The maximum atomic E-state index is 12.4. The molecule has 3 rings (SSSR count). The molecule has 0 saturated heterocycles. The van der Waals surface area contributed by atoms with Gasteiger partial charge in [0.05, 0.1) is 24.6 Å². The molecule has 0 aliphatic rings. The summed E-state index contributed by atoms with van der Waals surface area (Å²) in [5, 5.41) is 10.1. The molecule has 2 aromatic carbocycles. The second-order valence-electron chi connectivity index (χ2n) is 5.86. The van der Waals surface area contributed by atoms with Gasteiger partial charge in [0.15, 0.2) is 11.5 Å². The van der Waals surface area contributed by atoms with Crippen LogP contribution in [0.4, 0.5) is 8.78 Å². The molecule has 0 atom stereocenters. The number of hydrogen-bond donors (Lipinski definition) is 2. The highest BCUT2D eigenvalue weighted by Gasteiger charge is 2.13. The number of fused-ring (bicyclic) bond motifs is 1. The minimum atomic E-state index is -2.96. The summed E-state index contributed by atoms with van der Waals surface area (Å²) in [6.07, 6.45) is -0.0268. The number of aromatic nitrogens is 2. The maximum absolute atomic E-state index is 12.4. The fourth-order valence-corrected chi connectivity index (χ4v) is 2.74. The zero-order chi connectivity index (χ0) is 20.1. The number of carbonyl (C=O) groups is 1. The molecule has 1 amide bonds. The van der Waals surface area contributed by atoms with E-state index in [1.165, 1.54) is 19.2 Å². The number of nitrogens with one attached hydrogen (secondary N) is 2. The van der Waals surface area contributed by atoms with Crippen molar-refractivity contribution in [2.75, 3.05) is 7.11 Å². The molecule has 0 saturated carbocycles. The molecule has 0 bridgehead atoms. The number of carbonyl (C=O) groups excluding carboxylic acids is 1. The third kappa shape index (κ3) is 4.43. The monoisotopic (exact) mass is 389 g/mol. The molecule has 1 heterocycles. The van der Waals surface area contributed by atoms with Crippen LogP contribution >= 0.6 is 0 Å². The number of methoxy groups -OCH3 is 1. The molecule has 0 aliphatic carbocycles. The summed E-state index contributed by atoms with van der Waals surface area (Å²) in [7, 11) is 1.34. The number of alkyl halides is 2. The van der Waals surface area contributed by atoms with Crippen LogP contribution < -0.4 is 20.3 Å². The number of ether oxygens (including phenoxy) is 2. The van der Waals surface area contributed by atoms with Gasteiger partial charge in [-0.05, 0) is 23.8 Å². The first-order valence-electron chi connectivity index (χ1n) is 8.32. The topological polar surface area (TPSA) is 93.3 Å². The van der Waals surface area contributed by atoms with Crippen LogP contribution in [0.15, 0.2) is 47.3 Å². The van der Waals surface area contributed by atoms with Crippen LogP contribution in [-0.2, 0) is 17.8 Å². The predicted octanol–water partition coefficient (Wildman–Crippen LogP) is 2.39. The van der Waals surface area contributed by atoms with E-state index in [4.69, 9.17) is 4.74 Å². The molecule has 2 N–H and O–H groups in total. The van der Waals surface area contributed by atoms with Crippen molar-refractivity contribution in [3.63, 3.8) is 0 Å². The third-order valence-electron chi connectivity index (χ3n) is 4.04. The van der Waals surface area contributed by atoms with Gasteiger partial charge >= 0.3 is 6.61 Å². The van der Waals surface area contributed by atoms with Crippen molar-refractivity contribution >= 4 is 16.7 Å². The number of aromatic amines is 1. The molecule has 3 aromatic rings. The normalized spacial score (nSPS) is 10.9. The van der Waals surface area contributed by atoms with Crippen molar-refractivity contribution in [3.8, 4) is 11.5 Å². The van der Waals surface area contributed by atoms with E-state index < -0.39 is 6.61 Å². The van der Waals surface area contributed by atoms with Gasteiger partial charge in [0.25, 0.3) is 5.56 Å². The smallest absolute Gasteiger partial charge is 0.387 e. The summed E-state index contributed by atoms with van der Waals surface area (Å²) in [6.45, 7) is -2.80. The molecule has 0 radical (unpaired) electrons. The minimum Gasteiger partial charge on any atom is -0.493 e. The zero-order valence-electron chi connectivity index (χ0n) is 14.9. The molecule has 0 spiro atoms. The van der Waals surface area contributed by atoms with Crippen LogP contribution in [0.3, 0.4) is 0 Å². The lowest BCUT2D eigenvalue weighted by Gasteiger charge is -2.12. The number of benzene rings is 2. The quantitative estimate of drug-likeness (QED) is 0.647. The first-order chi connectivity index (χ1) is 13.5. The van der Waals surface area contributed by atoms with Crippen molar-refractivity contribution in [2.24, 2.45) is 0 Å². The van der Waals surface area contributed by atoms with Crippen LogP contribution in [0.5, 0.6) is 11.5 Å². The predicted molar refractivity (Wildman–Crippen MR) is 97.5 cm³/mol. The first-order valence-corrected chi connectivity index (χ1v) is 8.32. The Morgan fingerprint density at radius 3 is 2.64 bits per heavy atom. The summed E-state index contributed by atoms with van der Waals surface area (Å²) >= 11 is 0. The van der Waals surface area contributed by atoms with E-state index >= 15 is 0 Å². The Bertz CT molecular complexity index is 1050. The Morgan fingerprint density at radius 2 is 1.93 bits per heavy atom. The average Bonchev–Trinajstić information content (AvgIpc) is 2.69. The largest absolute Gasteiger partial charge is 0.493 e. The van der Waals surface area contributed by atoms with Crippen molar-refractivity contribution < 1.29 is 23.0 Å². The molecule has 0 fully saturated rings. The van der Waals surface area contributed by atoms with Crippen molar-refractivity contribution in [2.45, 2.75) is 19.6 Å². The van der Waals surface area contributed by atoms with E-state index in [1.54, 1.807) is 30.3 Å². The van der Waals surface area contributed by atoms with E-state index in [0.717, 1.165) is 0 Å². The van der Waals surface area contributed by atoms with Crippen molar-refractivity contribution in [1.29, 1.82) is 0 Å². The van der Waals surface area contributed by atoms with Gasteiger partial charge in [-0.15, -0.1) is 0 Å². The lowest BCUT2D eigenvalue weighted by molar-refractivity contribution is -0.120. The summed E-state index contributed by atoms with van der Waals surface area (Å²) in [4.78, 5) is 24.1. The van der Waals surface area contributed by atoms with Crippen molar-refractivity contribution in [1.82, 2.24) is 15.5 Å². The van der Waals surface area contributed by atoms with Gasteiger partial charge in [0, 0.05) is 11.9 Å². The molecular formula is C19H17F2N3O4. The van der Waals surface area contributed by atoms with Gasteiger partial charge in [0.2, 0.25) is 5.91 Å². The van der Waals surface area contributed by atoms with Crippen molar-refractivity contribution in [3.05, 3.63) is 64.1 Å². The maximum Gasteiger partial charge on any atom is 0.387 e. The van der Waals surface area contributed by atoms with E-state index in [0.29, 0.717) is 22.0 Å². The van der Waals surface area contributed by atoms with E-state index in [-0.39, 0.29) is 35.9 Å². The molecule has 0 unspecified atom stereocenters. The van der Waals surface area contributed by atoms with Crippen LogP contribution in [0, 0.1) is 0 Å². The van der Waals surface area contributed by atoms with Gasteiger partial charge in [-0.1, -0.05) is 24.3 Å². The molecule has 1 aromatic heterocycles. The first kappa shape index (κ1) is 19.3. The molecule has 7 nitrogen and oxygen atoms in total. The fraction of sp³-hybridized carbons (Fsp3) is 0.211. The number of hydrogen-bond acceptors (Lipinski definition) is 5. The fourth-order valence-electron chi connectivity index (χ4n) is 2.74. The standard InChI is InChI=1S/C19H17F2N3O4/c1-27-16-8-11(6-7-15(16)28-19(20)21)10-22-17(25)9-14-12-4-2-3-5-13(12)18(26)24-23-14/h2-8,19H,9-10H2,1H3,(H,22,25)(H,24,26). The number of nitrogens with zero attached hydrogens (tertiary/aromatic N) is 1. The van der Waals surface area contributed by atoms with Gasteiger partial charge < -0.3 is 14.8 Å². The van der Waals surface area contributed by atoms with Crippen LogP contribution in [0.25, 0.3) is 10.8 Å². The second-order valence-corrected chi connectivity index (χ2v) is 5.86. The lowest BCUT2D eigenvalue weighted by atomic mass is 10.1. The minimum absolute atomic E-state index is 0.0268. The van der Waals surface area contributed by atoms with Crippen LogP contribution in [0.2, 0.25) is 0 Å². The van der Waals surface area contributed by atoms with E-state index in [2.05, 4.69) is 20.3 Å². The van der Waals surface area contributed by atoms with Gasteiger partial charge in [-0.3, -0.25) is 9.59 Å². The van der Waals surface area contributed by atoms with Crippen LogP contribution in [-0.4, -0.2) is 29.8 Å². The Morgan fingerprint density at radius 1 is 1.18 bits per heavy atom. The number of rotatable bonds is 7. The highest BCUT2D eigenvalue weighted by molar-refractivity contribution is 5.88. The Hall–Kier alpha value is -3.49. The van der Waals surface area contributed by atoms with Gasteiger partial charge in [-0.2, -0.15) is 13.9 Å². The number of H-pyrrole nitrogens is 1. The summed E-state index contributed by atoms with van der Waals surface area (Å²) in [5.41, 5.74) is 0.773. The molecular weight excluding hydrogens is 372 g/mol. The second kappa shape index (κ2) is 8.47. The van der Waals surface area contributed by atoms with Crippen LogP contribution in [0.1, 0.15) is 11.3 Å². The number of halogens is 2. The molecule has 9 heteroatoms. The Labute approximate surface area is 158 Å². The molecule has 0 aliphatic heterocycles. The zero-order valence-corrected chi connectivity index (χ0v) is 14.9.